The van der Waals surface area contributed by atoms with Crippen LogP contribution >= 0.6 is 0 Å². The summed E-state index contributed by atoms with van der Waals surface area (Å²) >= 11 is 0. The average molecular weight is 377 g/mol. The number of benzene rings is 2. The zero-order valence-electron chi connectivity index (χ0n) is 15.6. The van der Waals surface area contributed by atoms with Gasteiger partial charge in [-0.1, -0.05) is 48.5 Å². The van der Waals surface area contributed by atoms with Gasteiger partial charge in [0, 0.05) is 12.5 Å². The number of carboxylic acid groups (broad SMARTS) is 1. The Morgan fingerprint density at radius 3 is 2.29 bits per heavy atom. The molecule has 3 aliphatic rings. The largest absolute Gasteiger partial charge is 0.480 e. The van der Waals surface area contributed by atoms with Gasteiger partial charge >= 0.3 is 12.1 Å². The minimum atomic E-state index is -0.918. The second-order valence-corrected chi connectivity index (χ2v) is 8.18. The number of amides is 1. The van der Waals surface area contributed by atoms with Crippen LogP contribution in [-0.4, -0.2) is 41.3 Å². The van der Waals surface area contributed by atoms with Crippen molar-refractivity contribution in [1.82, 2.24) is 4.90 Å². The van der Waals surface area contributed by atoms with Gasteiger partial charge in [-0.15, -0.1) is 0 Å². The highest BCUT2D eigenvalue weighted by molar-refractivity contribution is 5.81. The number of rotatable bonds is 3. The molecule has 2 aromatic rings. The Morgan fingerprint density at radius 2 is 1.64 bits per heavy atom. The molecule has 5 heteroatoms. The van der Waals surface area contributed by atoms with E-state index in [-0.39, 0.29) is 18.4 Å². The van der Waals surface area contributed by atoms with Crippen LogP contribution in [0.15, 0.2) is 48.5 Å². The van der Waals surface area contributed by atoms with Crippen molar-refractivity contribution in [1.29, 1.82) is 0 Å². The summed E-state index contributed by atoms with van der Waals surface area (Å²) in [4.78, 5) is 26.1. The number of piperidine rings is 1. The van der Waals surface area contributed by atoms with Crippen molar-refractivity contribution in [3.8, 4) is 11.1 Å². The molecule has 1 amide bonds. The molecule has 2 bridgehead atoms. The number of fused-ring (bicyclic) bond motifs is 5. The molecular formula is C23H23NO4. The Bertz CT molecular complexity index is 894. The summed E-state index contributed by atoms with van der Waals surface area (Å²) in [7, 11) is 0. The maximum absolute atomic E-state index is 12.9. The van der Waals surface area contributed by atoms with E-state index in [1.54, 1.807) is 0 Å². The first-order valence-electron chi connectivity index (χ1n) is 9.98. The van der Waals surface area contributed by atoms with Gasteiger partial charge in [-0.25, -0.2) is 9.59 Å². The molecule has 1 heterocycles. The highest BCUT2D eigenvalue weighted by atomic mass is 16.6. The minimum absolute atomic E-state index is 0.0128. The van der Waals surface area contributed by atoms with Crippen molar-refractivity contribution >= 4 is 12.1 Å². The van der Waals surface area contributed by atoms with Crippen LogP contribution in [0.5, 0.6) is 0 Å². The zero-order valence-corrected chi connectivity index (χ0v) is 15.6. The molecule has 0 aromatic heterocycles. The maximum Gasteiger partial charge on any atom is 0.410 e. The van der Waals surface area contributed by atoms with Crippen LogP contribution in [0.4, 0.5) is 4.79 Å². The Morgan fingerprint density at radius 1 is 1.00 bits per heavy atom. The first kappa shape index (κ1) is 17.3. The summed E-state index contributed by atoms with van der Waals surface area (Å²) in [5.41, 5.74) is 4.67. The number of hydrogen-bond acceptors (Lipinski definition) is 3. The molecule has 0 radical (unpaired) electrons. The SMILES string of the molecule is O=C(O)C1C2CCC(C2)CN1C(=O)OCC1c2ccccc2-c2ccccc21. The van der Waals surface area contributed by atoms with Gasteiger partial charge in [0.25, 0.3) is 0 Å². The molecule has 5 rings (SSSR count). The van der Waals surface area contributed by atoms with E-state index in [1.165, 1.54) is 16.0 Å². The van der Waals surface area contributed by atoms with Gasteiger partial charge < -0.3 is 9.84 Å². The Balaban J connectivity index is 1.36. The molecule has 28 heavy (non-hydrogen) atoms. The van der Waals surface area contributed by atoms with Crippen LogP contribution in [0.2, 0.25) is 0 Å². The van der Waals surface area contributed by atoms with Gasteiger partial charge in [0.05, 0.1) is 0 Å². The van der Waals surface area contributed by atoms with Crippen LogP contribution in [-0.2, 0) is 9.53 Å². The van der Waals surface area contributed by atoms with Gasteiger partial charge in [-0.05, 0) is 53.4 Å². The lowest BCUT2D eigenvalue weighted by Crippen LogP contribution is -2.53. The molecular weight excluding hydrogens is 354 g/mol. The predicted molar refractivity (Wildman–Crippen MR) is 104 cm³/mol. The molecule has 2 aromatic carbocycles. The van der Waals surface area contributed by atoms with Crippen molar-refractivity contribution in [3.63, 3.8) is 0 Å². The lowest BCUT2D eigenvalue weighted by atomic mass is 9.91. The average Bonchev–Trinajstić information content (AvgIpc) is 3.24. The van der Waals surface area contributed by atoms with Gasteiger partial charge in [0.15, 0.2) is 0 Å². The summed E-state index contributed by atoms with van der Waals surface area (Å²) in [5.74, 6) is -0.474. The molecule has 144 valence electrons. The third kappa shape index (κ3) is 2.68. The lowest BCUT2D eigenvalue weighted by molar-refractivity contribution is -0.146. The molecule has 2 fully saturated rings. The molecule has 0 spiro atoms. The Kier molecular flexibility index (Phi) is 4.11. The van der Waals surface area contributed by atoms with E-state index in [0.29, 0.717) is 12.5 Å². The van der Waals surface area contributed by atoms with E-state index in [0.717, 1.165) is 30.4 Å². The van der Waals surface area contributed by atoms with E-state index >= 15 is 0 Å². The number of aliphatic carboxylic acids is 1. The fraction of sp³-hybridized carbons (Fsp3) is 0.391. The number of carbonyl (C=O) groups is 2. The third-order valence-corrected chi connectivity index (χ3v) is 6.64. The number of hydrogen-bond donors (Lipinski definition) is 1. The molecule has 5 nitrogen and oxygen atoms in total. The van der Waals surface area contributed by atoms with Crippen LogP contribution < -0.4 is 0 Å². The Labute approximate surface area is 163 Å². The summed E-state index contributed by atoms with van der Waals surface area (Å²) in [6.45, 7) is 0.717. The summed E-state index contributed by atoms with van der Waals surface area (Å²) < 4.78 is 5.71. The van der Waals surface area contributed by atoms with Gasteiger partial charge in [0.2, 0.25) is 0 Å². The Hall–Kier alpha value is -2.82. The number of ether oxygens (including phenoxy) is 1. The van der Waals surface area contributed by atoms with E-state index in [1.807, 2.05) is 24.3 Å². The number of carboxylic acids is 1. The summed E-state index contributed by atoms with van der Waals surface area (Å²) in [6, 6.07) is 15.6. The first-order valence-corrected chi connectivity index (χ1v) is 9.98. The van der Waals surface area contributed by atoms with E-state index in [4.69, 9.17) is 4.74 Å². The van der Waals surface area contributed by atoms with E-state index in [2.05, 4.69) is 24.3 Å². The topological polar surface area (TPSA) is 66.8 Å². The predicted octanol–water partition coefficient (Wildman–Crippen LogP) is 4.12. The third-order valence-electron chi connectivity index (χ3n) is 6.64. The van der Waals surface area contributed by atoms with E-state index in [9.17, 15) is 14.7 Å². The second kappa shape index (κ2) is 6.66. The quantitative estimate of drug-likeness (QED) is 0.874. The van der Waals surface area contributed by atoms with Gasteiger partial charge in [-0.3, -0.25) is 4.90 Å². The first-order chi connectivity index (χ1) is 13.6. The van der Waals surface area contributed by atoms with E-state index < -0.39 is 18.1 Å². The molecule has 1 aliphatic heterocycles. The highest BCUT2D eigenvalue weighted by Crippen LogP contribution is 2.45. The second-order valence-electron chi connectivity index (χ2n) is 8.18. The smallest absolute Gasteiger partial charge is 0.410 e. The fourth-order valence-corrected chi connectivity index (χ4v) is 5.41. The lowest BCUT2D eigenvalue weighted by Gasteiger charge is -2.37. The van der Waals surface area contributed by atoms with Crippen molar-refractivity contribution in [2.75, 3.05) is 13.2 Å². The molecule has 1 saturated carbocycles. The number of nitrogens with zero attached hydrogens (tertiary/aromatic N) is 1. The van der Waals surface area contributed by atoms with Gasteiger partial charge in [-0.2, -0.15) is 0 Å². The molecule has 1 N–H and O–H groups in total. The molecule has 1 saturated heterocycles. The zero-order chi connectivity index (χ0) is 19.3. The number of likely N-dealkylation sites (tertiary alicyclic amines) is 1. The van der Waals surface area contributed by atoms with Crippen molar-refractivity contribution in [2.45, 2.75) is 31.2 Å². The van der Waals surface area contributed by atoms with Crippen LogP contribution in [0.3, 0.4) is 0 Å². The standard InChI is InChI=1S/C23H23NO4/c25-22(26)21-15-10-9-14(11-15)12-24(21)23(27)28-13-20-18-7-3-1-5-16(18)17-6-2-4-8-19(17)20/h1-8,14-15,20-21H,9-13H2,(H,25,26). The van der Waals surface area contributed by atoms with Crippen LogP contribution in [0.1, 0.15) is 36.3 Å². The summed E-state index contributed by atoms with van der Waals surface area (Å²) in [6.07, 6.45) is 2.30. The fourth-order valence-electron chi connectivity index (χ4n) is 5.41. The maximum atomic E-state index is 12.9. The van der Waals surface area contributed by atoms with Gasteiger partial charge in [0.1, 0.15) is 12.6 Å². The summed E-state index contributed by atoms with van der Waals surface area (Å²) in [5, 5.41) is 9.67. The monoisotopic (exact) mass is 377 g/mol. The molecule has 2 aliphatic carbocycles. The van der Waals surface area contributed by atoms with Crippen molar-refractivity contribution < 1.29 is 19.4 Å². The molecule has 3 unspecified atom stereocenters. The molecule has 3 atom stereocenters. The van der Waals surface area contributed by atoms with Crippen molar-refractivity contribution in [2.24, 2.45) is 11.8 Å². The van der Waals surface area contributed by atoms with Crippen LogP contribution in [0, 0.1) is 11.8 Å². The van der Waals surface area contributed by atoms with Crippen molar-refractivity contribution in [3.05, 3.63) is 59.7 Å². The van der Waals surface area contributed by atoms with Crippen LogP contribution in [0.25, 0.3) is 11.1 Å². The number of carbonyl (C=O) groups excluding carboxylic acids is 1. The normalized spacial score (nSPS) is 25.3. The highest BCUT2D eigenvalue weighted by Gasteiger charge is 2.47. The minimum Gasteiger partial charge on any atom is -0.480 e.